The average molecular weight is 212 g/mol. The number of hydrogen-bond acceptors (Lipinski definition) is 5. The van der Waals surface area contributed by atoms with E-state index in [-0.39, 0.29) is 5.69 Å². The van der Waals surface area contributed by atoms with Crippen molar-refractivity contribution in [2.75, 3.05) is 31.4 Å². The van der Waals surface area contributed by atoms with Gasteiger partial charge in [-0.25, -0.2) is 14.5 Å². The number of anilines is 1. The fourth-order valence-corrected chi connectivity index (χ4v) is 1.40. The van der Waals surface area contributed by atoms with Gasteiger partial charge in [0.1, 0.15) is 5.82 Å². The number of imidazole rings is 1. The molecule has 2 N–H and O–H groups in total. The third kappa shape index (κ3) is 2.03. The zero-order valence-corrected chi connectivity index (χ0v) is 9.44. The number of nitrogen functional groups attached to an aromatic ring is 1. The molecule has 0 spiro atoms. The van der Waals surface area contributed by atoms with Crippen molar-refractivity contribution in [3.63, 3.8) is 0 Å². The molecule has 1 aromatic rings. The number of nitrogens with zero attached hydrogens (tertiary/aromatic N) is 3. The molecule has 0 fully saturated rings. The standard InChI is InChI=1S/C9H16N4O2/c1-5-15-9(14)7-8(10)13(12(3)4)6(2)11-7/h5,10H2,1-4H3. The van der Waals surface area contributed by atoms with Crippen molar-refractivity contribution >= 4 is 11.8 Å². The quantitative estimate of drug-likeness (QED) is 0.722. The highest BCUT2D eigenvalue weighted by molar-refractivity contribution is 5.92. The lowest BCUT2D eigenvalue weighted by molar-refractivity contribution is 0.0521. The number of nitrogens with two attached hydrogens (primary N) is 1. The van der Waals surface area contributed by atoms with Crippen LogP contribution >= 0.6 is 0 Å². The number of ether oxygens (including phenoxy) is 1. The fourth-order valence-electron chi connectivity index (χ4n) is 1.40. The topological polar surface area (TPSA) is 73.4 Å². The van der Waals surface area contributed by atoms with Gasteiger partial charge in [0.15, 0.2) is 11.5 Å². The number of carbonyl (C=O) groups excluding carboxylic acids is 1. The van der Waals surface area contributed by atoms with Crippen molar-refractivity contribution in [2.45, 2.75) is 13.8 Å². The first-order valence-corrected chi connectivity index (χ1v) is 4.68. The summed E-state index contributed by atoms with van der Waals surface area (Å²) in [6.07, 6.45) is 0. The van der Waals surface area contributed by atoms with Gasteiger partial charge in [-0.3, -0.25) is 0 Å². The lowest BCUT2D eigenvalue weighted by Gasteiger charge is -2.16. The van der Waals surface area contributed by atoms with Gasteiger partial charge in [-0.2, -0.15) is 0 Å². The first-order chi connectivity index (χ1) is 6.99. The molecular weight excluding hydrogens is 196 g/mol. The Hall–Kier alpha value is -1.72. The third-order valence-corrected chi connectivity index (χ3v) is 1.92. The Kier molecular flexibility index (Phi) is 3.18. The molecule has 0 aliphatic rings. The number of aryl methyl sites for hydroxylation is 1. The molecule has 6 heteroatoms. The molecule has 1 rings (SSSR count). The summed E-state index contributed by atoms with van der Waals surface area (Å²) in [5, 5.41) is 1.75. The molecule has 15 heavy (non-hydrogen) atoms. The molecule has 0 amide bonds. The van der Waals surface area contributed by atoms with Crippen LogP contribution in [0.1, 0.15) is 23.2 Å². The fraction of sp³-hybridized carbons (Fsp3) is 0.556. The lowest BCUT2D eigenvalue weighted by Crippen LogP contribution is -2.27. The van der Waals surface area contributed by atoms with Gasteiger partial charge in [-0.1, -0.05) is 0 Å². The van der Waals surface area contributed by atoms with Crippen LogP contribution in [0.3, 0.4) is 0 Å². The van der Waals surface area contributed by atoms with Crippen molar-refractivity contribution in [1.82, 2.24) is 9.66 Å². The van der Waals surface area contributed by atoms with Gasteiger partial charge in [-0.05, 0) is 13.8 Å². The molecule has 0 radical (unpaired) electrons. The number of esters is 1. The maximum atomic E-state index is 11.5. The van der Waals surface area contributed by atoms with Gasteiger partial charge < -0.3 is 15.5 Å². The van der Waals surface area contributed by atoms with Crippen molar-refractivity contribution in [3.05, 3.63) is 11.5 Å². The molecule has 6 nitrogen and oxygen atoms in total. The van der Waals surface area contributed by atoms with Crippen molar-refractivity contribution < 1.29 is 9.53 Å². The van der Waals surface area contributed by atoms with Crippen molar-refractivity contribution in [2.24, 2.45) is 0 Å². The summed E-state index contributed by atoms with van der Waals surface area (Å²) < 4.78 is 6.49. The van der Waals surface area contributed by atoms with Gasteiger partial charge in [0.05, 0.1) is 6.61 Å². The van der Waals surface area contributed by atoms with E-state index in [1.54, 1.807) is 23.5 Å². The van der Waals surface area contributed by atoms with E-state index in [2.05, 4.69) is 4.98 Å². The molecule has 1 aromatic heterocycles. The minimum Gasteiger partial charge on any atom is -0.461 e. The summed E-state index contributed by atoms with van der Waals surface area (Å²) in [6.45, 7) is 3.83. The number of rotatable bonds is 3. The van der Waals surface area contributed by atoms with Gasteiger partial charge in [0.2, 0.25) is 0 Å². The van der Waals surface area contributed by atoms with E-state index in [0.717, 1.165) is 0 Å². The van der Waals surface area contributed by atoms with E-state index in [0.29, 0.717) is 18.2 Å². The molecule has 0 aliphatic carbocycles. The van der Waals surface area contributed by atoms with Gasteiger partial charge in [-0.15, -0.1) is 0 Å². The summed E-state index contributed by atoms with van der Waals surface area (Å²) in [4.78, 5) is 15.5. The normalized spacial score (nSPS) is 10.1. The average Bonchev–Trinajstić information content (AvgIpc) is 2.42. The van der Waals surface area contributed by atoms with Gasteiger partial charge in [0.25, 0.3) is 0 Å². The Balaban J connectivity index is 3.12. The Morgan fingerprint density at radius 2 is 2.20 bits per heavy atom. The predicted molar refractivity (Wildman–Crippen MR) is 57.4 cm³/mol. The molecule has 0 aromatic carbocycles. The maximum absolute atomic E-state index is 11.5. The van der Waals surface area contributed by atoms with Gasteiger partial charge >= 0.3 is 5.97 Å². The first kappa shape index (κ1) is 11.4. The molecule has 0 bridgehead atoms. The van der Waals surface area contributed by atoms with Crippen LogP contribution in [0.15, 0.2) is 0 Å². The largest absolute Gasteiger partial charge is 0.461 e. The maximum Gasteiger partial charge on any atom is 0.360 e. The SMILES string of the molecule is CCOC(=O)c1nc(C)n(N(C)C)c1N. The molecule has 0 aliphatic heterocycles. The number of aromatic nitrogens is 2. The summed E-state index contributed by atoms with van der Waals surface area (Å²) in [5.74, 6) is 0.468. The van der Waals surface area contributed by atoms with Crippen LogP contribution in [0.25, 0.3) is 0 Å². The van der Waals surface area contributed by atoms with E-state index in [1.165, 1.54) is 0 Å². The first-order valence-electron chi connectivity index (χ1n) is 4.68. The monoisotopic (exact) mass is 212 g/mol. The Bertz CT molecular complexity index is 370. The summed E-state index contributed by atoms with van der Waals surface area (Å²) in [5.41, 5.74) is 5.96. The zero-order valence-electron chi connectivity index (χ0n) is 9.44. The molecule has 1 heterocycles. The third-order valence-electron chi connectivity index (χ3n) is 1.92. The van der Waals surface area contributed by atoms with E-state index >= 15 is 0 Å². The summed E-state index contributed by atoms with van der Waals surface area (Å²) in [6, 6.07) is 0. The highest BCUT2D eigenvalue weighted by Crippen LogP contribution is 2.14. The van der Waals surface area contributed by atoms with Crippen LogP contribution in [0.2, 0.25) is 0 Å². The highest BCUT2D eigenvalue weighted by atomic mass is 16.5. The van der Waals surface area contributed by atoms with Crippen LogP contribution in [0.4, 0.5) is 5.82 Å². The van der Waals surface area contributed by atoms with Crippen molar-refractivity contribution in [1.29, 1.82) is 0 Å². The van der Waals surface area contributed by atoms with Gasteiger partial charge in [0, 0.05) is 14.1 Å². The Labute approximate surface area is 88.6 Å². The van der Waals surface area contributed by atoms with Crippen LogP contribution in [-0.4, -0.2) is 36.3 Å². The number of carbonyl (C=O) groups is 1. The molecule has 0 saturated carbocycles. The van der Waals surface area contributed by atoms with E-state index in [4.69, 9.17) is 10.5 Å². The minimum atomic E-state index is -0.487. The Morgan fingerprint density at radius 1 is 1.60 bits per heavy atom. The minimum absolute atomic E-state index is 0.169. The molecule has 0 saturated heterocycles. The lowest BCUT2D eigenvalue weighted by atomic mass is 10.4. The predicted octanol–water partition coefficient (Wildman–Crippen LogP) is 0.148. The second kappa shape index (κ2) is 4.20. The molecule has 0 unspecified atom stereocenters. The molecule has 0 atom stereocenters. The summed E-state index contributed by atoms with van der Waals surface area (Å²) >= 11 is 0. The second-order valence-electron chi connectivity index (χ2n) is 3.27. The number of hydrogen-bond donors (Lipinski definition) is 1. The van der Waals surface area contributed by atoms with E-state index in [1.807, 2.05) is 14.1 Å². The van der Waals surface area contributed by atoms with Crippen LogP contribution in [-0.2, 0) is 4.74 Å². The smallest absolute Gasteiger partial charge is 0.360 e. The zero-order chi connectivity index (χ0) is 11.6. The molecule has 84 valence electrons. The second-order valence-corrected chi connectivity index (χ2v) is 3.27. The Morgan fingerprint density at radius 3 is 2.60 bits per heavy atom. The van der Waals surface area contributed by atoms with Crippen molar-refractivity contribution in [3.8, 4) is 0 Å². The molecular formula is C9H16N4O2. The van der Waals surface area contributed by atoms with E-state index < -0.39 is 5.97 Å². The summed E-state index contributed by atoms with van der Waals surface area (Å²) in [7, 11) is 3.64. The van der Waals surface area contributed by atoms with Crippen LogP contribution in [0, 0.1) is 6.92 Å². The van der Waals surface area contributed by atoms with Crippen LogP contribution in [0.5, 0.6) is 0 Å². The highest BCUT2D eigenvalue weighted by Gasteiger charge is 2.20. The van der Waals surface area contributed by atoms with Crippen LogP contribution < -0.4 is 10.7 Å². The van der Waals surface area contributed by atoms with E-state index in [9.17, 15) is 4.79 Å².